The van der Waals surface area contributed by atoms with Crippen LogP contribution in [0, 0.1) is 5.82 Å². The number of hydrogen-bond donors (Lipinski definition) is 0. The van der Waals surface area contributed by atoms with Crippen LogP contribution in [0.3, 0.4) is 0 Å². The van der Waals surface area contributed by atoms with E-state index in [1.165, 1.54) is 37.6 Å². The van der Waals surface area contributed by atoms with E-state index in [4.69, 9.17) is 4.74 Å². The second kappa shape index (κ2) is 10.3. The van der Waals surface area contributed by atoms with Gasteiger partial charge >= 0.3 is 0 Å². The lowest BCUT2D eigenvalue weighted by molar-refractivity contribution is 0.177. The highest BCUT2D eigenvalue weighted by Gasteiger charge is 2.29. The molecule has 148 valence electrons. The summed E-state index contributed by atoms with van der Waals surface area (Å²) in [5.41, 5.74) is 2.13. The van der Waals surface area contributed by atoms with Crippen LogP contribution >= 0.6 is 24.8 Å². The fraction of sp³-hybridized carbons (Fsp3) is 0.429. The van der Waals surface area contributed by atoms with Crippen LogP contribution in [0.25, 0.3) is 0 Å². The van der Waals surface area contributed by atoms with Crippen LogP contribution in [-0.2, 0) is 0 Å². The van der Waals surface area contributed by atoms with E-state index in [1.807, 2.05) is 6.07 Å². The average molecular weight is 413 g/mol. The second-order valence-corrected chi connectivity index (χ2v) is 6.93. The fourth-order valence-corrected chi connectivity index (χ4v) is 4.01. The molecule has 0 aromatic heterocycles. The van der Waals surface area contributed by atoms with Crippen molar-refractivity contribution >= 4 is 24.8 Å². The van der Waals surface area contributed by atoms with E-state index < -0.39 is 0 Å². The molecule has 27 heavy (non-hydrogen) atoms. The van der Waals surface area contributed by atoms with Crippen molar-refractivity contribution in [2.24, 2.45) is 0 Å². The molecule has 0 N–H and O–H groups in total. The molecule has 4 rings (SSSR count). The Morgan fingerprint density at radius 1 is 0.926 bits per heavy atom. The van der Waals surface area contributed by atoms with Crippen molar-refractivity contribution in [3.05, 3.63) is 65.5 Å². The van der Waals surface area contributed by atoms with Crippen LogP contribution in [0.15, 0.2) is 48.5 Å². The lowest BCUT2D eigenvalue weighted by Gasteiger charge is -2.31. The molecule has 0 amide bonds. The van der Waals surface area contributed by atoms with Crippen molar-refractivity contribution < 1.29 is 9.13 Å². The van der Waals surface area contributed by atoms with Gasteiger partial charge in [0.1, 0.15) is 18.2 Å². The average Bonchev–Trinajstić information content (AvgIpc) is 3.09. The molecule has 1 unspecified atom stereocenters. The first kappa shape index (κ1) is 22.0. The van der Waals surface area contributed by atoms with Crippen molar-refractivity contribution in [1.29, 1.82) is 0 Å². The molecule has 0 aliphatic carbocycles. The highest BCUT2D eigenvalue weighted by Crippen LogP contribution is 2.37. The highest BCUT2D eigenvalue weighted by molar-refractivity contribution is 5.85. The molecule has 3 nitrogen and oxygen atoms in total. The number of ether oxygens (including phenoxy) is 1. The molecular formula is C21H27Cl2FN2O. The monoisotopic (exact) mass is 412 g/mol. The fourth-order valence-electron chi connectivity index (χ4n) is 4.01. The van der Waals surface area contributed by atoms with Crippen LogP contribution in [0.5, 0.6) is 5.75 Å². The SMILES string of the molecule is Cl.Cl.Fc1ccc2c(c1)C(c1ccccc1)N(CCN1CCCC1)CCO2. The quantitative estimate of drug-likeness (QED) is 0.732. The van der Waals surface area contributed by atoms with E-state index in [0.717, 1.165) is 30.9 Å². The Balaban J connectivity index is 0.00000131. The lowest BCUT2D eigenvalue weighted by atomic mass is 9.96. The maximum atomic E-state index is 14.0. The number of nitrogens with zero attached hydrogens (tertiary/aromatic N) is 2. The van der Waals surface area contributed by atoms with Gasteiger partial charge in [0.15, 0.2) is 0 Å². The number of halogens is 3. The lowest BCUT2D eigenvalue weighted by Crippen LogP contribution is -2.37. The van der Waals surface area contributed by atoms with Crippen LogP contribution in [0.4, 0.5) is 4.39 Å². The van der Waals surface area contributed by atoms with Gasteiger partial charge in [-0.3, -0.25) is 4.90 Å². The first-order chi connectivity index (χ1) is 12.3. The molecule has 2 aliphatic heterocycles. The van der Waals surface area contributed by atoms with Crippen molar-refractivity contribution in [3.63, 3.8) is 0 Å². The first-order valence-electron chi connectivity index (χ1n) is 9.25. The third-order valence-corrected chi connectivity index (χ3v) is 5.29. The zero-order valence-corrected chi connectivity index (χ0v) is 17.0. The summed E-state index contributed by atoms with van der Waals surface area (Å²) >= 11 is 0. The Kier molecular flexibility index (Phi) is 8.36. The Morgan fingerprint density at radius 3 is 2.41 bits per heavy atom. The molecule has 2 aromatic carbocycles. The summed E-state index contributed by atoms with van der Waals surface area (Å²) in [6, 6.07) is 15.3. The van der Waals surface area contributed by atoms with Crippen LogP contribution in [0.1, 0.15) is 30.0 Å². The molecule has 0 radical (unpaired) electrons. The number of likely N-dealkylation sites (tertiary alicyclic amines) is 1. The smallest absolute Gasteiger partial charge is 0.124 e. The molecule has 0 saturated carbocycles. The molecule has 0 bridgehead atoms. The summed E-state index contributed by atoms with van der Waals surface area (Å²) < 4.78 is 19.9. The third kappa shape index (κ3) is 5.14. The van der Waals surface area contributed by atoms with Gasteiger partial charge in [-0.15, -0.1) is 24.8 Å². The largest absolute Gasteiger partial charge is 0.492 e. The normalized spacial score (nSPS) is 20.0. The van der Waals surface area contributed by atoms with Crippen molar-refractivity contribution in [2.75, 3.05) is 39.3 Å². The molecular weight excluding hydrogens is 386 g/mol. The van der Waals surface area contributed by atoms with Gasteiger partial charge < -0.3 is 9.64 Å². The summed E-state index contributed by atoms with van der Waals surface area (Å²) in [7, 11) is 0. The number of hydrogen-bond acceptors (Lipinski definition) is 3. The first-order valence-corrected chi connectivity index (χ1v) is 9.25. The standard InChI is InChI=1S/C21H25FN2O.2ClH/c22-18-8-9-20-19(16-18)21(17-6-2-1-3-7-17)24(14-15-25-20)13-12-23-10-4-5-11-23;;/h1-3,6-9,16,21H,4-5,10-15H2;2*1H. The summed E-state index contributed by atoms with van der Waals surface area (Å²) in [5, 5.41) is 0. The minimum atomic E-state index is -0.204. The van der Waals surface area contributed by atoms with Crippen LogP contribution in [-0.4, -0.2) is 49.1 Å². The van der Waals surface area contributed by atoms with E-state index in [-0.39, 0.29) is 36.7 Å². The number of rotatable bonds is 4. The predicted octanol–water partition coefficient (Wildman–Crippen LogP) is 4.55. The van der Waals surface area contributed by atoms with E-state index in [2.05, 4.69) is 34.1 Å². The Labute approximate surface area is 173 Å². The van der Waals surface area contributed by atoms with Gasteiger partial charge in [0, 0.05) is 25.2 Å². The summed E-state index contributed by atoms with van der Waals surface area (Å²) in [5.74, 6) is 0.601. The van der Waals surface area contributed by atoms with E-state index in [0.29, 0.717) is 6.61 Å². The van der Waals surface area contributed by atoms with Crippen molar-refractivity contribution in [1.82, 2.24) is 9.80 Å². The van der Waals surface area contributed by atoms with E-state index >= 15 is 0 Å². The highest BCUT2D eigenvalue weighted by atomic mass is 35.5. The predicted molar refractivity (Wildman–Crippen MR) is 112 cm³/mol. The second-order valence-electron chi connectivity index (χ2n) is 6.93. The maximum absolute atomic E-state index is 14.0. The molecule has 1 fully saturated rings. The zero-order valence-electron chi connectivity index (χ0n) is 15.4. The Bertz CT molecular complexity index is 711. The van der Waals surface area contributed by atoms with Crippen molar-refractivity contribution in [2.45, 2.75) is 18.9 Å². The molecule has 6 heteroatoms. The minimum absolute atomic E-state index is 0. The summed E-state index contributed by atoms with van der Waals surface area (Å²) in [4.78, 5) is 4.97. The van der Waals surface area contributed by atoms with Gasteiger partial charge in [-0.25, -0.2) is 4.39 Å². The van der Waals surface area contributed by atoms with E-state index in [1.54, 1.807) is 12.1 Å². The Hall–Kier alpha value is -1.33. The number of benzene rings is 2. The Morgan fingerprint density at radius 2 is 1.67 bits per heavy atom. The van der Waals surface area contributed by atoms with Gasteiger partial charge in [-0.1, -0.05) is 30.3 Å². The third-order valence-electron chi connectivity index (χ3n) is 5.29. The molecule has 1 saturated heterocycles. The topological polar surface area (TPSA) is 15.7 Å². The van der Waals surface area contributed by atoms with Crippen LogP contribution < -0.4 is 4.74 Å². The van der Waals surface area contributed by atoms with Gasteiger partial charge in [0.05, 0.1) is 6.04 Å². The molecule has 2 aliphatic rings. The van der Waals surface area contributed by atoms with Gasteiger partial charge in [0.25, 0.3) is 0 Å². The molecule has 0 spiro atoms. The van der Waals surface area contributed by atoms with Gasteiger partial charge in [0.2, 0.25) is 0 Å². The summed E-state index contributed by atoms with van der Waals surface area (Å²) in [6.07, 6.45) is 2.61. The molecule has 2 aromatic rings. The van der Waals surface area contributed by atoms with Crippen molar-refractivity contribution in [3.8, 4) is 5.75 Å². The minimum Gasteiger partial charge on any atom is -0.492 e. The zero-order chi connectivity index (χ0) is 17.1. The van der Waals surface area contributed by atoms with Gasteiger partial charge in [-0.2, -0.15) is 0 Å². The molecule has 2 heterocycles. The summed E-state index contributed by atoms with van der Waals surface area (Å²) in [6.45, 7) is 5.93. The maximum Gasteiger partial charge on any atom is 0.124 e. The molecule has 1 atom stereocenters. The van der Waals surface area contributed by atoms with E-state index in [9.17, 15) is 4.39 Å². The number of fused-ring (bicyclic) bond motifs is 1. The van der Waals surface area contributed by atoms with Gasteiger partial charge in [-0.05, 0) is 49.7 Å². The van der Waals surface area contributed by atoms with Crippen LogP contribution in [0.2, 0.25) is 0 Å².